The van der Waals surface area contributed by atoms with Gasteiger partial charge in [0, 0.05) is 6.16 Å². The van der Waals surface area contributed by atoms with Crippen LogP contribution in [0.3, 0.4) is 0 Å². The van der Waals surface area contributed by atoms with Crippen molar-refractivity contribution in [2.45, 2.75) is 27.2 Å². The molecule has 2 nitrogen and oxygen atoms in total. The van der Waals surface area contributed by atoms with Gasteiger partial charge in [0.2, 0.25) is 0 Å². The lowest BCUT2D eigenvalue weighted by Gasteiger charge is -2.13. The Balaban J connectivity index is 3.21. The van der Waals surface area contributed by atoms with E-state index < -0.39 is 8.38 Å². The fraction of sp³-hybridized carbons (Fsp3) is 1.00. The van der Waals surface area contributed by atoms with Gasteiger partial charge in [-0.1, -0.05) is 13.8 Å². The average Bonchev–Trinajstić information content (AvgIpc) is 1.98. The van der Waals surface area contributed by atoms with Gasteiger partial charge in [0.25, 0.3) is 0 Å². The van der Waals surface area contributed by atoms with E-state index in [9.17, 15) is 0 Å². The summed E-state index contributed by atoms with van der Waals surface area (Å²) >= 11 is 0. The lowest BCUT2D eigenvalue weighted by molar-refractivity contribution is 0.259. The first-order valence-corrected chi connectivity index (χ1v) is 5.24. The summed E-state index contributed by atoms with van der Waals surface area (Å²) in [6.07, 6.45) is 2.08. The highest BCUT2D eigenvalue weighted by molar-refractivity contribution is 7.47. The molecule has 0 rings (SSSR count). The number of rotatable bonds is 6. The molecule has 0 aromatic heterocycles. The van der Waals surface area contributed by atoms with E-state index in [1.807, 2.05) is 6.92 Å². The van der Waals surface area contributed by atoms with Gasteiger partial charge in [0.1, 0.15) is 0 Å². The molecule has 0 saturated heterocycles. The molecule has 0 fully saturated rings. The molecule has 0 aliphatic rings. The van der Waals surface area contributed by atoms with E-state index in [0.717, 1.165) is 25.8 Å². The largest absolute Gasteiger partial charge is 0.334 e. The maximum absolute atomic E-state index is 5.42. The molecule has 0 N–H and O–H groups in total. The summed E-state index contributed by atoms with van der Waals surface area (Å²) in [5, 5.41) is 0. The third-order valence-electron chi connectivity index (χ3n) is 0.971. The molecule has 0 saturated carbocycles. The molecule has 0 amide bonds. The highest BCUT2D eigenvalue weighted by Crippen LogP contribution is 2.37. The molecule has 1 unspecified atom stereocenters. The summed E-state index contributed by atoms with van der Waals surface area (Å²) < 4.78 is 10.8. The van der Waals surface area contributed by atoms with Crippen molar-refractivity contribution in [3.05, 3.63) is 0 Å². The summed E-state index contributed by atoms with van der Waals surface area (Å²) in [6.45, 7) is 7.80. The summed E-state index contributed by atoms with van der Waals surface area (Å²) in [4.78, 5) is 0. The lowest BCUT2D eigenvalue weighted by atomic mass is 10.5. The monoisotopic (exact) mass is 164 g/mol. The Morgan fingerprint density at radius 2 is 1.80 bits per heavy atom. The third-order valence-corrected chi connectivity index (χ3v) is 2.50. The predicted molar refractivity (Wildman–Crippen MR) is 45.3 cm³/mol. The van der Waals surface area contributed by atoms with E-state index >= 15 is 0 Å². The Hall–Kier alpha value is 0.350. The molecular formula is C7H17O2P. The van der Waals surface area contributed by atoms with E-state index in [-0.39, 0.29) is 0 Å². The van der Waals surface area contributed by atoms with E-state index in [0.29, 0.717) is 0 Å². The molecule has 0 aliphatic heterocycles. The molecule has 0 spiro atoms. The smallest absolute Gasteiger partial charge is 0.170 e. The fourth-order valence-electron chi connectivity index (χ4n) is 0.557. The third kappa shape index (κ3) is 5.16. The van der Waals surface area contributed by atoms with Crippen LogP contribution in [0.4, 0.5) is 0 Å². The Kier molecular flexibility index (Phi) is 7.72. The minimum Gasteiger partial charge on any atom is -0.334 e. The SMILES string of the molecule is CCCOP(CC)OCC. The second-order valence-electron chi connectivity index (χ2n) is 1.90. The fourth-order valence-corrected chi connectivity index (χ4v) is 1.67. The molecule has 0 heterocycles. The van der Waals surface area contributed by atoms with Gasteiger partial charge in [-0.2, -0.15) is 0 Å². The highest BCUT2D eigenvalue weighted by Gasteiger charge is 2.03. The van der Waals surface area contributed by atoms with Gasteiger partial charge in [0.15, 0.2) is 8.38 Å². The van der Waals surface area contributed by atoms with Crippen molar-refractivity contribution in [2.75, 3.05) is 19.4 Å². The zero-order valence-electron chi connectivity index (χ0n) is 7.09. The maximum atomic E-state index is 5.42. The molecule has 1 atom stereocenters. The lowest BCUT2D eigenvalue weighted by Crippen LogP contribution is -1.93. The van der Waals surface area contributed by atoms with Gasteiger partial charge in [-0.15, -0.1) is 0 Å². The molecule has 0 radical (unpaired) electrons. The Bertz CT molecular complexity index is 68.6. The van der Waals surface area contributed by atoms with Gasteiger partial charge in [-0.25, -0.2) is 0 Å². The van der Waals surface area contributed by atoms with Crippen LogP contribution in [0.2, 0.25) is 0 Å². The first-order chi connectivity index (χ1) is 4.85. The van der Waals surface area contributed by atoms with E-state index in [2.05, 4.69) is 13.8 Å². The summed E-state index contributed by atoms with van der Waals surface area (Å²) in [7, 11) is -0.564. The van der Waals surface area contributed by atoms with Crippen LogP contribution in [-0.2, 0) is 9.05 Å². The Morgan fingerprint density at radius 1 is 1.10 bits per heavy atom. The van der Waals surface area contributed by atoms with Crippen molar-refractivity contribution in [3.8, 4) is 0 Å². The molecule has 0 aromatic rings. The average molecular weight is 164 g/mol. The van der Waals surface area contributed by atoms with Crippen molar-refractivity contribution in [1.29, 1.82) is 0 Å². The summed E-state index contributed by atoms with van der Waals surface area (Å²) in [6, 6.07) is 0. The molecule has 0 aliphatic carbocycles. The zero-order valence-corrected chi connectivity index (χ0v) is 7.99. The van der Waals surface area contributed by atoms with Crippen molar-refractivity contribution in [2.24, 2.45) is 0 Å². The normalized spacial score (nSPS) is 13.5. The van der Waals surface area contributed by atoms with Crippen LogP contribution in [0.1, 0.15) is 27.2 Å². The van der Waals surface area contributed by atoms with Crippen LogP contribution < -0.4 is 0 Å². The van der Waals surface area contributed by atoms with E-state index in [1.54, 1.807) is 0 Å². The van der Waals surface area contributed by atoms with Crippen molar-refractivity contribution in [1.82, 2.24) is 0 Å². The Morgan fingerprint density at radius 3 is 2.20 bits per heavy atom. The first kappa shape index (κ1) is 10.3. The number of hydrogen-bond donors (Lipinski definition) is 0. The Labute approximate surface area is 64.8 Å². The second kappa shape index (κ2) is 7.46. The van der Waals surface area contributed by atoms with E-state index in [1.165, 1.54) is 0 Å². The molecular weight excluding hydrogens is 147 g/mol. The maximum Gasteiger partial charge on any atom is 0.170 e. The van der Waals surface area contributed by atoms with E-state index in [4.69, 9.17) is 9.05 Å². The quantitative estimate of drug-likeness (QED) is 0.562. The summed E-state index contributed by atoms with van der Waals surface area (Å²) in [5.41, 5.74) is 0. The molecule has 3 heteroatoms. The summed E-state index contributed by atoms with van der Waals surface area (Å²) in [5.74, 6) is 0. The topological polar surface area (TPSA) is 18.5 Å². The zero-order chi connectivity index (χ0) is 7.82. The van der Waals surface area contributed by atoms with Crippen LogP contribution in [0.15, 0.2) is 0 Å². The van der Waals surface area contributed by atoms with Gasteiger partial charge < -0.3 is 9.05 Å². The first-order valence-electron chi connectivity index (χ1n) is 3.88. The predicted octanol–water partition coefficient (Wildman–Crippen LogP) is 2.78. The number of hydrogen-bond acceptors (Lipinski definition) is 2. The van der Waals surface area contributed by atoms with Gasteiger partial charge >= 0.3 is 0 Å². The van der Waals surface area contributed by atoms with Crippen LogP contribution >= 0.6 is 8.38 Å². The second-order valence-corrected chi connectivity index (χ2v) is 3.71. The van der Waals surface area contributed by atoms with Crippen molar-refractivity contribution in [3.63, 3.8) is 0 Å². The van der Waals surface area contributed by atoms with Crippen LogP contribution in [0, 0.1) is 0 Å². The van der Waals surface area contributed by atoms with Crippen molar-refractivity contribution >= 4 is 8.38 Å². The van der Waals surface area contributed by atoms with Crippen LogP contribution in [0.25, 0.3) is 0 Å². The van der Waals surface area contributed by atoms with Gasteiger partial charge in [-0.05, 0) is 13.3 Å². The van der Waals surface area contributed by atoms with Crippen LogP contribution in [-0.4, -0.2) is 19.4 Å². The molecule has 0 bridgehead atoms. The molecule has 0 aromatic carbocycles. The van der Waals surface area contributed by atoms with Crippen molar-refractivity contribution < 1.29 is 9.05 Å². The molecule has 62 valence electrons. The van der Waals surface area contributed by atoms with Crippen LogP contribution in [0.5, 0.6) is 0 Å². The van der Waals surface area contributed by atoms with Gasteiger partial charge in [-0.3, -0.25) is 0 Å². The minimum atomic E-state index is -0.564. The minimum absolute atomic E-state index is 0.564. The van der Waals surface area contributed by atoms with Gasteiger partial charge in [0.05, 0.1) is 13.2 Å². The standard InChI is InChI=1S/C7H17O2P/c1-4-7-9-10(6-3)8-5-2/h4-7H2,1-3H3. The molecule has 10 heavy (non-hydrogen) atoms. The highest BCUT2D eigenvalue weighted by atomic mass is 31.2.